The van der Waals surface area contributed by atoms with Gasteiger partial charge >= 0.3 is 0 Å². The third-order valence-corrected chi connectivity index (χ3v) is 1.40. The van der Waals surface area contributed by atoms with Gasteiger partial charge < -0.3 is 0 Å². The number of hydroxylamine groups is 1. The molecule has 0 aliphatic rings. The molecule has 0 atom stereocenters. The number of aliphatic imine (C=N–C) groups is 1. The largest absolute Gasteiger partial charge is 0.290 e. The molecule has 1 rings (SSSR count). The minimum Gasteiger partial charge on any atom is -0.290 e. The lowest BCUT2D eigenvalue weighted by atomic mass is 10.7. The molecular formula is C5H5IN4O. The molecule has 0 aliphatic carbocycles. The van der Waals surface area contributed by atoms with Crippen LogP contribution in [0.2, 0.25) is 0 Å². The molecule has 58 valence electrons. The molecule has 0 aliphatic heterocycles. The topological polar surface area (TPSA) is 70.4 Å². The van der Waals surface area contributed by atoms with Gasteiger partial charge in [0, 0.05) is 16.0 Å². The number of halogens is 1. The van der Waals surface area contributed by atoms with Crippen LogP contribution in [-0.2, 0) is 0 Å². The predicted octanol–water partition coefficient (Wildman–Crippen LogP) is 0.720. The van der Waals surface area contributed by atoms with Crippen LogP contribution in [0.3, 0.4) is 0 Å². The Balaban J connectivity index is 2.73. The molecule has 5 nitrogen and oxygen atoms in total. The lowest BCUT2D eigenvalue weighted by Gasteiger charge is -1.90. The lowest BCUT2D eigenvalue weighted by Crippen LogP contribution is -2.01. The molecule has 0 unspecified atom stereocenters. The van der Waals surface area contributed by atoms with E-state index >= 15 is 0 Å². The summed E-state index contributed by atoms with van der Waals surface area (Å²) >= 11 is 2.09. The molecule has 0 spiro atoms. The summed E-state index contributed by atoms with van der Waals surface area (Å²) in [6.45, 7) is 0. The highest BCUT2D eigenvalue weighted by molar-refractivity contribution is 14.1. The average molecular weight is 264 g/mol. The van der Waals surface area contributed by atoms with Gasteiger partial charge in [-0.05, 0) is 22.6 Å². The predicted molar refractivity (Wildman–Crippen MR) is 47.8 cm³/mol. The molecule has 6 heteroatoms. The second-order valence-corrected chi connectivity index (χ2v) is 2.83. The minimum absolute atomic E-state index is 0.312. The molecule has 2 N–H and O–H groups in total. The van der Waals surface area contributed by atoms with E-state index in [1.165, 1.54) is 0 Å². The van der Waals surface area contributed by atoms with E-state index in [-0.39, 0.29) is 0 Å². The third kappa shape index (κ3) is 2.76. The van der Waals surface area contributed by atoms with Gasteiger partial charge in [-0.1, -0.05) is 0 Å². The Morgan fingerprint density at radius 2 is 2.18 bits per heavy atom. The molecule has 0 amide bonds. The molecule has 1 heterocycles. The first-order valence-electron chi connectivity index (χ1n) is 2.72. The Morgan fingerprint density at radius 3 is 2.73 bits per heavy atom. The summed E-state index contributed by atoms with van der Waals surface area (Å²) in [5.41, 5.74) is 1.76. The lowest BCUT2D eigenvalue weighted by molar-refractivity contribution is 0.240. The number of aromatic nitrogens is 2. The van der Waals surface area contributed by atoms with E-state index < -0.39 is 0 Å². The second-order valence-electron chi connectivity index (χ2n) is 1.59. The van der Waals surface area contributed by atoms with Gasteiger partial charge in [-0.3, -0.25) is 10.7 Å². The van der Waals surface area contributed by atoms with E-state index in [4.69, 9.17) is 5.21 Å². The number of hydrogen-bond acceptors (Lipinski definition) is 4. The van der Waals surface area contributed by atoms with Crippen molar-refractivity contribution in [1.29, 1.82) is 0 Å². The van der Waals surface area contributed by atoms with Gasteiger partial charge in [0.25, 0.3) is 5.95 Å². The van der Waals surface area contributed by atoms with Crippen LogP contribution in [0.1, 0.15) is 0 Å². The standard InChI is InChI=1S/C5H5IN4O/c6-4-1-7-5(8-2-4)9-3-10-11/h1-3,11H,(H,7,8,9,10). The van der Waals surface area contributed by atoms with Crippen LogP contribution < -0.4 is 5.48 Å². The molecule has 0 fully saturated rings. The maximum absolute atomic E-state index is 8.13. The summed E-state index contributed by atoms with van der Waals surface area (Å²) in [6.07, 6.45) is 4.37. The van der Waals surface area contributed by atoms with Crippen LogP contribution in [0.5, 0.6) is 0 Å². The van der Waals surface area contributed by atoms with E-state index in [0.29, 0.717) is 5.95 Å². The van der Waals surface area contributed by atoms with Crippen LogP contribution >= 0.6 is 22.6 Å². The van der Waals surface area contributed by atoms with Crippen molar-refractivity contribution < 1.29 is 5.21 Å². The van der Waals surface area contributed by atoms with Gasteiger partial charge in [-0.25, -0.2) is 9.97 Å². The van der Waals surface area contributed by atoms with Crippen molar-refractivity contribution in [3.63, 3.8) is 0 Å². The fourth-order valence-electron chi connectivity index (χ4n) is 0.459. The van der Waals surface area contributed by atoms with Crippen molar-refractivity contribution in [1.82, 2.24) is 15.4 Å². The number of nitrogens with zero attached hydrogens (tertiary/aromatic N) is 3. The maximum Gasteiger partial charge on any atom is 0.250 e. The third-order valence-electron chi connectivity index (χ3n) is 0.844. The monoisotopic (exact) mass is 264 g/mol. The Labute approximate surface area is 76.7 Å². The Morgan fingerprint density at radius 1 is 1.55 bits per heavy atom. The minimum atomic E-state index is 0.312. The van der Waals surface area contributed by atoms with E-state index in [1.807, 2.05) is 0 Å². The molecule has 0 aromatic carbocycles. The van der Waals surface area contributed by atoms with Crippen LogP contribution in [0.4, 0.5) is 5.95 Å². The van der Waals surface area contributed by atoms with E-state index in [0.717, 1.165) is 9.91 Å². The first kappa shape index (κ1) is 8.34. The quantitative estimate of drug-likeness (QED) is 0.357. The number of hydrogen-bond donors (Lipinski definition) is 2. The molecule has 1 aromatic heterocycles. The fraction of sp³-hybridized carbons (Fsp3) is 0. The van der Waals surface area contributed by atoms with Crippen LogP contribution in [0.15, 0.2) is 17.4 Å². The molecule has 0 bridgehead atoms. The van der Waals surface area contributed by atoms with Gasteiger partial charge in [0.1, 0.15) is 6.34 Å². The zero-order valence-electron chi connectivity index (χ0n) is 5.40. The smallest absolute Gasteiger partial charge is 0.250 e. The number of nitrogens with one attached hydrogen (secondary N) is 1. The molecule has 0 saturated carbocycles. The maximum atomic E-state index is 8.13. The first-order valence-corrected chi connectivity index (χ1v) is 3.80. The summed E-state index contributed by atoms with van der Waals surface area (Å²) in [7, 11) is 0. The second kappa shape index (κ2) is 4.19. The van der Waals surface area contributed by atoms with Crippen LogP contribution in [-0.4, -0.2) is 21.5 Å². The highest BCUT2D eigenvalue weighted by atomic mass is 127. The molecule has 1 aromatic rings. The Bertz CT molecular complexity index is 247. The highest BCUT2D eigenvalue weighted by Crippen LogP contribution is 2.04. The van der Waals surface area contributed by atoms with E-state index in [9.17, 15) is 0 Å². The Kier molecular flexibility index (Phi) is 3.17. The zero-order chi connectivity index (χ0) is 8.10. The molecule has 0 saturated heterocycles. The average Bonchev–Trinajstić information content (AvgIpc) is 2.04. The zero-order valence-corrected chi connectivity index (χ0v) is 7.56. The summed E-state index contributed by atoms with van der Waals surface area (Å²) in [6, 6.07) is 0. The summed E-state index contributed by atoms with van der Waals surface area (Å²) in [5, 5.41) is 8.13. The first-order chi connectivity index (χ1) is 5.33. The normalized spacial score (nSPS) is 10.4. The summed E-state index contributed by atoms with van der Waals surface area (Å²) < 4.78 is 0.943. The van der Waals surface area contributed by atoms with Crippen molar-refractivity contribution in [3.8, 4) is 0 Å². The molecule has 0 radical (unpaired) electrons. The van der Waals surface area contributed by atoms with Crippen molar-refractivity contribution in [3.05, 3.63) is 16.0 Å². The van der Waals surface area contributed by atoms with E-state index in [1.54, 1.807) is 17.9 Å². The Hall–Kier alpha value is -0.760. The van der Waals surface area contributed by atoms with Gasteiger partial charge in [0.15, 0.2) is 0 Å². The van der Waals surface area contributed by atoms with Gasteiger partial charge in [0.2, 0.25) is 0 Å². The van der Waals surface area contributed by atoms with Crippen LogP contribution in [0, 0.1) is 3.57 Å². The highest BCUT2D eigenvalue weighted by Gasteiger charge is 1.89. The van der Waals surface area contributed by atoms with Crippen molar-refractivity contribution >= 4 is 34.9 Å². The van der Waals surface area contributed by atoms with Gasteiger partial charge in [-0.2, -0.15) is 4.99 Å². The summed E-state index contributed by atoms with van der Waals surface area (Å²) in [4.78, 5) is 11.4. The molecular weight excluding hydrogens is 259 g/mol. The summed E-state index contributed by atoms with van der Waals surface area (Å²) in [5.74, 6) is 0.312. The fourth-order valence-corrected chi connectivity index (χ4v) is 0.737. The van der Waals surface area contributed by atoms with Crippen molar-refractivity contribution in [2.75, 3.05) is 0 Å². The molecule has 11 heavy (non-hydrogen) atoms. The van der Waals surface area contributed by atoms with Gasteiger partial charge in [-0.15, -0.1) is 0 Å². The van der Waals surface area contributed by atoms with Crippen molar-refractivity contribution in [2.24, 2.45) is 4.99 Å². The van der Waals surface area contributed by atoms with E-state index in [2.05, 4.69) is 37.6 Å². The SMILES string of the molecule is ON/C=N/c1ncc(I)cn1. The van der Waals surface area contributed by atoms with Gasteiger partial charge in [0.05, 0.1) is 0 Å². The van der Waals surface area contributed by atoms with Crippen molar-refractivity contribution in [2.45, 2.75) is 0 Å². The van der Waals surface area contributed by atoms with Crippen LogP contribution in [0.25, 0.3) is 0 Å². The number of rotatable bonds is 2.